The molecule has 1 aromatic carbocycles. The highest BCUT2D eigenvalue weighted by atomic mass is 16.5. The van der Waals surface area contributed by atoms with Gasteiger partial charge in [0.15, 0.2) is 5.82 Å². The van der Waals surface area contributed by atoms with Gasteiger partial charge in [-0.3, -0.25) is 0 Å². The van der Waals surface area contributed by atoms with E-state index in [-0.39, 0.29) is 17.5 Å². The molecule has 25 heavy (non-hydrogen) atoms. The number of hydrogen-bond donors (Lipinski definition) is 0. The number of carbonyl (C=O) groups excluding carboxylic acids is 1. The van der Waals surface area contributed by atoms with Crippen molar-refractivity contribution in [3.63, 3.8) is 0 Å². The third-order valence-corrected chi connectivity index (χ3v) is 4.29. The fraction of sp³-hybridized carbons (Fsp3) is 0.450. The molecule has 5 heteroatoms. The van der Waals surface area contributed by atoms with E-state index in [1.807, 2.05) is 24.3 Å². The number of fused-ring (bicyclic) bond motifs is 1. The van der Waals surface area contributed by atoms with Crippen molar-refractivity contribution in [2.75, 3.05) is 18.0 Å². The maximum Gasteiger partial charge on any atom is 0.330 e. The van der Waals surface area contributed by atoms with Crippen LogP contribution in [-0.4, -0.2) is 35.4 Å². The number of allylic oxidation sites excluding steroid dienone is 1. The molecule has 5 nitrogen and oxygen atoms in total. The second kappa shape index (κ2) is 7.21. The lowest BCUT2D eigenvalue weighted by atomic mass is 9.96. The molecule has 0 bridgehead atoms. The predicted molar refractivity (Wildman–Crippen MR) is 99.5 cm³/mol. The minimum absolute atomic E-state index is 0.0184. The average Bonchev–Trinajstić information content (AvgIpc) is 2.60. The van der Waals surface area contributed by atoms with Crippen LogP contribution in [0.2, 0.25) is 0 Å². The minimum Gasteiger partial charge on any atom is -0.459 e. The normalized spacial score (nSPS) is 16.5. The molecule has 1 saturated heterocycles. The Kier molecular flexibility index (Phi) is 5.02. The van der Waals surface area contributed by atoms with Crippen molar-refractivity contribution < 1.29 is 9.53 Å². The zero-order valence-electron chi connectivity index (χ0n) is 15.1. The fourth-order valence-electron chi connectivity index (χ4n) is 2.95. The van der Waals surface area contributed by atoms with E-state index < -0.39 is 0 Å². The molecule has 0 amide bonds. The van der Waals surface area contributed by atoms with Crippen LogP contribution in [0, 0.1) is 5.41 Å². The standard InChI is InChI=1S/C20H25N3O2/c1-20(2,3)11-8-18(24)25-16-9-12-23(13-10-16)19-17-7-5-4-6-15(17)14-21-22-19/h4-8,11,14,16H,9-10,12-13H2,1-3H3. The number of ether oxygens (including phenoxy) is 1. The quantitative estimate of drug-likeness (QED) is 0.630. The molecule has 1 aromatic heterocycles. The predicted octanol–water partition coefficient (Wildman–Crippen LogP) is 3.74. The Hall–Kier alpha value is -2.43. The van der Waals surface area contributed by atoms with Gasteiger partial charge in [0.1, 0.15) is 6.10 Å². The van der Waals surface area contributed by atoms with Gasteiger partial charge in [-0.1, -0.05) is 51.1 Å². The van der Waals surface area contributed by atoms with E-state index in [4.69, 9.17) is 4.74 Å². The highest BCUT2D eigenvalue weighted by Gasteiger charge is 2.24. The van der Waals surface area contributed by atoms with Gasteiger partial charge in [0.2, 0.25) is 0 Å². The first-order valence-corrected chi connectivity index (χ1v) is 8.78. The van der Waals surface area contributed by atoms with Crippen molar-refractivity contribution in [2.24, 2.45) is 5.41 Å². The van der Waals surface area contributed by atoms with Gasteiger partial charge in [-0.05, 0) is 5.41 Å². The summed E-state index contributed by atoms with van der Waals surface area (Å²) in [5.74, 6) is 0.661. The smallest absolute Gasteiger partial charge is 0.330 e. The van der Waals surface area contributed by atoms with Crippen LogP contribution in [0.5, 0.6) is 0 Å². The molecule has 1 aliphatic heterocycles. The van der Waals surface area contributed by atoms with E-state index in [9.17, 15) is 4.79 Å². The Bertz CT molecular complexity index is 767. The van der Waals surface area contributed by atoms with E-state index in [0.717, 1.165) is 42.5 Å². The zero-order chi connectivity index (χ0) is 17.9. The zero-order valence-corrected chi connectivity index (χ0v) is 15.1. The number of aromatic nitrogens is 2. The highest BCUT2D eigenvalue weighted by Crippen LogP contribution is 2.26. The number of esters is 1. The van der Waals surface area contributed by atoms with Crippen LogP contribution >= 0.6 is 0 Å². The van der Waals surface area contributed by atoms with E-state index >= 15 is 0 Å². The number of hydrogen-bond acceptors (Lipinski definition) is 5. The van der Waals surface area contributed by atoms with Gasteiger partial charge in [-0.2, -0.15) is 5.10 Å². The van der Waals surface area contributed by atoms with Gasteiger partial charge < -0.3 is 9.64 Å². The van der Waals surface area contributed by atoms with Crippen LogP contribution in [-0.2, 0) is 9.53 Å². The largest absolute Gasteiger partial charge is 0.459 e. The van der Waals surface area contributed by atoms with E-state index in [1.54, 1.807) is 12.3 Å². The Morgan fingerprint density at radius 3 is 2.68 bits per heavy atom. The Morgan fingerprint density at radius 2 is 1.96 bits per heavy atom. The highest BCUT2D eigenvalue weighted by molar-refractivity contribution is 5.91. The molecule has 0 unspecified atom stereocenters. The molecular weight excluding hydrogens is 314 g/mol. The van der Waals surface area contributed by atoms with Crippen LogP contribution in [0.15, 0.2) is 42.6 Å². The molecule has 1 aliphatic rings. The number of carbonyl (C=O) groups is 1. The Balaban J connectivity index is 1.60. The molecule has 2 heterocycles. The SMILES string of the molecule is CC(C)(C)C=CC(=O)OC1CCN(c2nncc3ccccc23)CC1. The van der Waals surface area contributed by atoms with Gasteiger partial charge in [0, 0.05) is 42.8 Å². The fourth-order valence-corrected chi connectivity index (χ4v) is 2.95. The van der Waals surface area contributed by atoms with Crippen LogP contribution in [0.4, 0.5) is 5.82 Å². The van der Waals surface area contributed by atoms with Gasteiger partial charge in [0.05, 0.1) is 6.20 Å². The van der Waals surface area contributed by atoms with Crippen LogP contribution in [0.25, 0.3) is 10.8 Å². The molecule has 2 aromatic rings. The number of piperidine rings is 1. The third kappa shape index (κ3) is 4.56. The summed E-state index contributed by atoms with van der Waals surface area (Å²) in [6, 6.07) is 8.14. The maximum atomic E-state index is 11.9. The second-order valence-corrected chi connectivity index (χ2v) is 7.58. The Labute approximate surface area is 148 Å². The second-order valence-electron chi connectivity index (χ2n) is 7.58. The van der Waals surface area contributed by atoms with Crippen molar-refractivity contribution in [2.45, 2.75) is 39.7 Å². The number of rotatable bonds is 3. The molecule has 132 valence electrons. The van der Waals surface area contributed by atoms with Crippen molar-refractivity contribution in [1.29, 1.82) is 0 Å². The lowest BCUT2D eigenvalue weighted by Gasteiger charge is -2.32. The van der Waals surface area contributed by atoms with E-state index in [1.165, 1.54) is 0 Å². The summed E-state index contributed by atoms with van der Waals surface area (Å²) < 4.78 is 5.57. The monoisotopic (exact) mass is 339 g/mol. The first-order valence-electron chi connectivity index (χ1n) is 8.78. The summed E-state index contributed by atoms with van der Waals surface area (Å²) in [4.78, 5) is 14.2. The molecule has 0 N–H and O–H groups in total. The minimum atomic E-state index is -0.252. The summed E-state index contributed by atoms with van der Waals surface area (Å²) in [7, 11) is 0. The number of benzene rings is 1. The number of nitrogens with zero attached hydrogens (tertiary/aromatic N) is 3. The van der Waals surface area contributed by atoms with Crippen molar-refractivity contribution in [3.05, 3.63) is 42.6 Å². The van der Waals surface area contributed by atoms with Crippen LogP contribution in [0.1, 0.15) is 33.6 Å². The summed E-state index contributed by atoms with van der Waals surface area (Å²) in [6.07, 6.45) is 6.80. The summed E-state index contributed by atoms with van der Waals surface area (Å²) in [5, 5.41) is 10.6. The molecule has 0 saturated carbocycles. The van der Waals surface area contributed by atoms with Crippen molar-refractivity contribution >= 4 is 22.6 Å². The van der Waals surface area contributed by atoms with Gasteiger partial charge in [-0.15, -0.1) is 5.10 Å². The first kappa shape index (κ1) is 17.4. The third-order valence-electron chi connectivity index (χ3n) is 4.29. The van der Waals surface area contributed by atoms with Crippen LogP contribution in [0.3, 0.4) is 0 Å². The Morgan fingerprint density at radius 1 is 1.24 bits per heavy atom. The topological polar surface area (TPSA) is 55.3 Å². The first-order chi connectivity index (χ1) is 11.9. The van der Waals surface area contributed by atoms with E-state index in [2.05, 4.69) is 41.9 Å². The van der Waals surface area contributed by atoms with Crippen molar-refractivity contribution in [1.82, 2.24) is 10.2 Å². The average molecular weight is 339 g/mol. The molecule has 1 fully saturated rings. The van der Waals surface area contributed by atoms with Gasteiger partial charge in [-0.25, -0.2) is 4.79 Å². The number of anilines is 1. The van der Waals surface area contributed by atoms with Gasteiger partial charge >= 0.3 is 5.97 Å². The lowest BCUT2D eigenvalue weighted by Crippen LogP contribution is -2.38. The van der Waals surface area contributed by atoms with E-state index in [0.29, 0.717) is 0 Å². The molecule has 0 atom stereocenters. The molecular formula is C20H25N3O2. The lowest BCUT2D eigenvalue weighted by molar-refractivity contribution is -0.143. The molecule has 3 rings (SSSR count). The molecule has 0 radical (unpaired) electrons. The summed E-state index contributed by atoms with van der Waals surface area (Å²) >= 11 is 0. The summed E-state index contributed by atoms with van der Waals surface area (Å²) in [6.45, 7) is 7.79. The maximum absolute atomic E-state index is 11.9. The van der Waals surface area contributed by atoms with Crippen LogP contribution < -0.4 is 4.90 Å². The molecule has 0 aliphatic carbocycles. The molecule has 0 spiro atoms. The van der Waals surface area contributed by atoms with Gasteiger partial charge in [0.25, 0.3) is 0 Å². The van der Waals surface area contributed by atoms with Crippen molar-refractivity contribution in [3.8, 4) is 0 Å². The summed E-state index contributed by atoms with van der Waals surface area (Å²) in [5.41, 5.74) is -0.0184.